The van der Waals surface area contributed by atoms with Crippen molar-refractivity contribution in [2.24, 2.45) is 0 Å². The number of hydrogen-bond acceptors (Lipinski definition) is 4. The van der Waals surface area contributed by atoms with Crippen molar-refractivity contribution in [3.05, 3.63) is 29.8 Å². The summed E-state index contributed by atoms with van der Waals surface area (Å²) < 4.78 is 0. The summed E-state index contributed by atoms with van der Waals surface area (Å²) in [5.41, 5.74) is 7.36. The number of nitrogens with zero attached hydrogens (tertiary/aromatic N) is 2. The van der Waals surface area contributed by atoms with Gasteiger partial charge in [0, 0.05) is 38.4 Å². The van der Waals surface area contributed by atoms with Gasteiger partial charge in [0.15, 0.2) is 0 Å². The number of aliphatic hydroxyl groups excluding tert-OH is 1. The summed E-state index contributed by atoms with van der Waals surface area (Å²) in [6, 6.07) is 7.53. The molecule has 0 amide bonds. The van der Waals surface area contributed by atoms with Crippen molar-refractivity contribution in [3.8, 4) is 0 Å². The lowest BCUT2D eigenvalue weighted by Crippen LogP contribution is -2.44. The predicted molar refractivity (Wildman–Crippen MR) is 74.4 cm³/mol. The zero-order valence-corrected chi connectivity index (χ0v) is 11.0. The maximum Gasteiger partial charge on any atom is 0.0803 e. The number of aliphatic hydroxyl groups is 1. The summed E-state index contributed by atoms with van der Waals surface area (Å²) in [6.07, 6.45) is 0.362. The Labute approximate surface area is 109 Å². The lowest BCUT2D eigenvalue weighted by Gasteiger charge is -2.32. The molecular weight excluding hydrogens is 226 g/mol. The molecule has 0 radical (unpaired) electrons. The first kappa shape index (κ1) is 13.3. The molecule has 1 saturated heterocycles. The molecule has 1 aliphatic heterocycles. The van der Waals surface area contributed by atoms with E-state index in [4.69, 9.17) is 5.73 Å². The Morgan fingerprint density at radius 2 is 2.00 bits per heavy atom. The molecule has 1 aromatic carbocycles. The maximum atomic E-state index is 10.1. The molecule has 1 unspecified atom stereocenters. The fourth-order valence-electron chi connectivity index (χ4n) is 2.31. The third-order valence-electron chi connectivity index (χ3n) is 3.61. The Morgan fingerprint density at radius 3 is 2.67 bits per heavy atom. The monoisotopic (exact) mass is 249 g/mol. The second kappa shape index (κ2) is 6.18. The van der Waals surface area contributed by atoms with Gasteiger partial charge >= 0.3 is 0 Å². The minimum atomic E-state index is -0.409. The summed E-state index contributed by atoms with van der Waals surface area (Å²) in [7, 11) is 2.15. The molecule has 18 heavy (non-hydrogen) atoms. The lowest BCUT2D eigenvalue weighted by molar-refractivity contribution is 0.113. The molecule has 1 heterocycles. The van der Waals surface area contributed by atoms with E-state index in [2.05, 4.69) is 16.8 Å². The van der Waals surface area contributed by atoms with Crippen LogP contribution in [0.2, 0.25) is 0 Å². The average molecular weight is 249 g/mol. The van der Waals surface area contributed by atoms with Crippen LogP contribution in [0.5, 0.6) is 0 Å². The Bertz CT molecular complexity index is 375. The second-order valence-corrected chi connectivity index (χ2v) is 5.12. The van der Waals surface area contributed by atoms with Gasteiger partial charge < -0.3 is 20.6 Å². The van der Waals surface area contributed by atoms with Gasteiger partial charge in [-0.1, -0.05) is 12.1 Å². The van der Waals surface area contributed by atoms with E-state index in [0.29, 0.717) is 5.69 Å². The van der Waals surface area contributed by atoms with E-state index in [-0.39, 0.29) is 0 Å². The van der Waals surface area contributed by atoms with Gasteiger partial charge in [0.25, 0.3) is 0 Å². The van der Waals surface area contributed by atoms with Crippen molar-refractivity contribution < 1.29 is 5.11 Å². The van der Waals surface area contributed by atoms with E-state index < -0.39 is 6.10 Å². The van der Waals surface area contributed by atoms with Crippen LogP contribution in [0.4, 0.5) is 5.69 Å². The zero-order valence-electron chi connectivity index (χ0n) is 11.0. The Morgan fingerprint density at radius 1 is 1.28 bits per heavy atom. The quantitative estimate of drug-likeness (QED) is 0.780. The average Bonchev–Trinajstić information content (AvgIpc) is 2.38. The summed E-state index contributed by atoms with van der Waals surface area (Å²) >= 11 is 0. The minimum absolute atomic E-state index is 0.409. The first-order chi connectivity index (χ1) is 8.65. The summed E-state index contributed by atoms with van der Waals surface area (Å²) in [5.74, 6) is 0. The van der Waals surface area contributed by atoms with E-state index >= 15 is 0 Å². The van der Waals surface area contributed by atoms with Crippen LogP contribution in [0.3, 0.4) is 0 Å². The second-order valence-electron chi connectivity index (χ2n) is 5.12. The van der Waals surface area contributed by atoms with E-state index in [9.17, 15) is 5.11 Å². The van der Waals surface area contributed by atoms with Gasteiger partial charge in [-0.25, -0.2) is 0 Å². The van der Waals surface area contributed by atoms with Crippen LogP contribution in [-0.4, -0.2) is 54.7 Å². The number of nitrogens with two attached hydrogens (primary N) is 1. The molecule has 1 aromatic rings. The standard InChI is InChI=1S/C14H23N3O/c1-16-7-9-17(10-8-16)6-5-14(18)12-3-2-4-13(15)11-12/h2-4,11,14,18H,5-10,15H2,1H3. The van der Waals surface area contributed by atoms with E-state index in [0.717, 1.165) is 44.7 Å². The van der Waals surface area contributed by atoms with Crippen LogP contribution in [0.1, 0.15) is 18.1 Å². The smallest absolute Gasteiger partial charge is 0.0803 e. The van der Waals surface area contributed by atoms with Crippen molar-refractivity contribution in [2.45, 2.75) is 12.5 Å². The molecule has 1 fully saturated rings. The highest BCUT2D eigenvalue weighted by Gasteiger charge is 2.15. The minimum Gasteiger partial charge on any atom is -0.399 e. The normalized spacial score (nSPS) is 19.9. The van der Waals surface area contributed by atoms with Gasteiger partial charge in [-0.2, -0.15) is 0 Å². The number of likely N-dealkylation sites (N-methyl/N-ethyl adjacent to an activating group) is 1. The Kier molecular flexibility index (Phi) is 4.58. The summed E-state index contributed by atoms with van der Waals surface area (Å²) in [5, 5.41) is 10.1. The molecule has 0 saturated carbocycles. The van der Waals surface area contributed by atoms with Gasteiger partial charge in [-0.3, -0.25) is 0 Å². The SMILES string of the molecule is CN1CCN(CCC(O)c2cccc(N)c2)CC1. The highest BCUT2D eigenvalue weighted by atomic mass is 16.3. The van der Waals surface area contributed by atoms with Crippen molar-refractivity contribution in [2.75, 3.05) is 45.5 Å². The van der Waals surface area contributed by atoms with Crippen LogP contribution in [-0.2, 0) is 0 Å². The van der Waals surface area contributed by atoms with Crippen molar-refractivity contribution in [3.63, 3.8) is 0 Å². The third kappa shape index (κ3) is 3.70. The topological polar surface area (TPSA) is 52.7 Å². The molecule has 0 aliphatic carbocycles. The number of nitrogen functional groups attached to an aromatic ring is 1. The Balaban J connectivity index is 1.79. The van der Waals surface area contributed by atoms with E-state index in [1.54, 1.807) is 0 Å². The molecular formula is C14H23N3O. The Hall–Kier alpha value is -1.10. The molecule has 3 N–H and O–H groups in total. The van der Waals surface area contributed by atoms with Gasteiger partial charge in [-0.15, -0.1) is 0 Å². The molecule has 0 aromatic heterocycles. The first-order valence-corrected chi connectivity index (χ1v) is 6.59. The van der Waals surface area contributed by atoms with Crippen molar-refractivity contribution in [1.82, 2.24) is 9.80 Å². The molecule has 4 heteroatoms. The fourth-order valence-corrected chi connectivity index (χ4v) is 2.31. The van der Waals surface area contributed by atoms with Gasteiger partial charge in [0.2, 0.25) is 0 Å². The molecule has 0 bridgehead atoms. The molecule has 100 valence electrons. The third-order valence-corrected chi connectivity index (χ3v) is 3.61. The number of anilines is 1. The fraction of sp³-hybridized carbons (Fsp3) is 0.571. The number of rotatable bonds is 4. The van der Waals surface area contributed by atoms with Crippen LogP contribution in [0, 0.1) is 0 Å². The van der Waals surface area contributed by atoms with Gasteiger partial charge in [0.1, 0.15) is 0 Å². The first-order valence-electron chi connectivity index (χ1n) is 6.59. The lowest BCUT2D eigenvalue weighted by atomic mass is 10.1. The number of benzene rings is 1. The predicted octanol–water partition coefficient (Wildman–Crippen LogP) is 0.940. The summed E-state index contributed by atoms with van der Waals surface area (Å²) in [6.45, 7) is 5.38. The van der Waals surface area contributed by atoms with Gasteiger partial charge in [0.05, 0.1) is 6.10 Å². The molecule has 4 nitrogen and oxygen atoms in total. The van der Waals surface area contributed by atoms with E-state index in [1.807, 2.05) is 24.3 Å². The van der Waals surface area contributed by atoms with Crippen molar-refractivity contribution in [1.29, 1.82) is 0 Å². The molecule has 1 atom stereocenters. The van der Waals surface area contributed by atoms with Crippen LogP contribution in [0.15, 0.2) is 24.3 Å². The number of hydrogen-bond donors (Lipinski definition) is 2. The zero-order chi connectivity index (χ0) is 13.0. The van der Waals surface area contributed by atoms with Gasteiger partial charge in [-0.05, 0) is 31.2 Å². The van der Waals surface area contributed by atoms with Crippen LogP contribution in [0.25, 0.3) is 0 Å². The largest absolute Gasteiger partial charge is 0.399 e. The van der Waals surface area contributed by atoms with Crippen LogP contribution >= 0.6 is 0 Å². The molecule has 2 rings (SSSR count). The number of piperazine rings is 1. The van der Waals surface area contributed by atoms with E-state index in [1.165, 1.54) is 0 Å². The molecule has 0 spiro atoms. The highest BCUT2D eigenvalue weighted by Crippen LogP contribution is 2.19. The van der Waals surface area contributed by atoms with Crippen LogP contribution < -0.4 is 5.73 Å². The highest BCUT2D eigenvalue weighted by molar-refractivity contribution is 5.41. The molecule has 1 aliphatic rings. The summed E-state index contributed by atoms with van der Waals surface area (Å²) in [4.78, 5) is 4.75. The maximum absolute atomic E-state index is 10.1. The van der Waals surface area contributed by atoms with Crippen molar-refractivity contribution >= 4 is 5.69 Å².